The molecule has 0 aromatic rings. The molecular weight excluding hydrogens is 170 g/mol. The van der Waals surface area contributed by atoms with Crippen LogP contribution in [0.15, 0.2) is 0 Å². The van der Waals surface area contributed by atoms with Crippen LogP contribution in [0.1, 0.15) is 26.7 Å². The smallest absolute Gasteiger partial charge is 0.317 e. The van der Waals surface area contributed by atoms with Gasteiger partial charge in [-0.3, -0.25) is 10.1 Å². The van der Waals surface area contributed by atoms with E-state index in [4.69, 9.17) is 9.84 Å². The molecule has 0 aromatic heterocycles. The topological polar surface area (TPSA) is 58.6 Å². The van der Waals surface area contributed by atoms with Crippen LogP contribution in [0.4, 0.5) is 0 Å². The summed E-state index contributed by atoms with van der Waals surface area (Å²) in [5.74, 6) is -0.483. The fraction of sp³-hybridized carbons (Fsp3) is 0.889. The second kappa shape index (κ2) is 4.07. The first-order valence-electron chi connectivity index (χ1n) is 4.65. The van der Waals surface area contributed by atoms with Gasteiger partial charge in [-0.25, -0.2) is 0 Å². The quantitative estimate of drug-likeness (QED) is 0.687. The van der Waals surface area contributed by atoms with Crippen LogP contribution in [0.25, 0.3) is 0 Å². The maximum absolute atomic E-state index is 10.4. The first-order chi connectivity index (χ1) is 6.04. The van der Waals surface area contributed by atoms with E-state index in [1.807, 2.05) is 6.92 Å². The van der Waals surface area contributed by atoms with E-state index in [0.29, 0.717) is 12.5 Å². The van der Waals surface area contributed by atoms with Crippen molar-refractivity contribution in [2.45, 2.75) is 32.4 Å². The van der Waals surface area contributed by atoms with Crippen molar-refractivity contribution in [3.63, 3.8) is 0 Å². The molecule has 1 aliphatic heterocycles. The van der Waals surface area contributed by atoms with Crippen LogP contribution in [0, 0.1) is 5.92 Å². The third-order valence-electron chi connectivity index (χ3n) is 2.71. The van der Waals surface area contributed by atoms with E-state index in [1.165, 1.54) is 0 Å². The molecule has 1 saturated heterocycles. The number of carbonyl (C=O) groups is 1. The first kappa shape index (κ1) is 10.5. The van der Waals surface area contributed by atoms with Gasteiger partial charge in [0, 0.05) is 6.61 Å². The molecule has 1 rings (SSSR count). The Balaban J connectivity index is 2.46. The summed E-state index contributed by atoms with van der Waals surface area (Å²) in [5, 5.41) is 11.5. The van der Waals surface area contributed by atoms with Gasteiger partial charge < -0.3 is 9.84 Å². The van der Waals surface area contributed by atoms with Gasteiger partial charge in [0.2, 0.25) is 0 Å². The van der Waals surface area contributed by atoms with Crippen LogP contribution in [0.5, 0.6) is 0 Å². The number of aliphatic carboxylic acids is 1. The highest BCUT2D eigenvalue weighted by atomic mass is 16.5. The van der Waals surface area contributed by atoms with E-state index in [-0.39, 0.29) is 6.54 Å². The SMILES string of the molecule is CC1CCCOC1(C)NCC(=O)O. The summed E-state index contributed by atoms with van der Waals surface area (Å²) in [7, 11) is 0. The molecular formula is C9H17NO3. The summed E-state index contributed by atoms with van der Waals surface area (Å²) in [6, 6.07) is 0. The molecule has 0 saturated carbocycles. The van der Waals surface area contributed by atoms with Crippen LogP contribution in [-0.2, 0) is 9.53 Å². The highest BCUT2D eigenvalue weighted by molar-refractivity contribution is 5.69. The molecule has 13 heavy (non-hydrogen) atoms. The molecule has 1 aliphatic rings. The Labute approximate surface area is 78.3 Å². The van der Waals surface area contributed by atoms with Crippen LogP contribution >= 0.6 is 0 Å². The van der Waals surface area contributed by atoms with Gasteiger partial charge in [0.25, 0.3) is 0 Å². The van der Waals surface area contributed by atoms with E-state index in [0.717, 1.165) is 12.8 Å². The zero-order chi connectivity index (χ0) is 9.90. The van der Waals surface area contributed by atoms with Crippen molar-refractivity contribution in [2.24, 2.45) is 5.92 Å². The number of ether oxygens (including phenoxy) is 1. The zero-order valence-electron chi connectivity index (χ0n) is 8.17. The third-order valence-corrected chi connectivity index (χ3v) is 2.71. The Hall–Kier alpha value is -0.610. The summed E-state index contributed by atoms with van der Waals surface area (Å²) in [6.07, 6.45) is 2.15. The predicted octanol–water partition coefficient (Wildman–Crippen LogP) is 0.823. The fourth-order valence-electron chi connectivity index (χ4n) is 1.57. The van der Waals surface area contributed by atoms with Gasteiger partial charge >= 0.3 is 5.97 Å². The average molecular weight is 187 g/mol. The lowest BCUT2D eigenvalue weighted by Crippen LogP contribution is -2.53. The zero-order valence-corrected chi connectivity index (χ0v) is 8.17. The minimum atomic E-state index is -0.845. The monoisotopic (exact) mass is 187 g/mol. The second-order valence-corrected chi connectivity index (χ2v) is 3.75. The first-order valence-corrected chi connectivity index (χ1v) is 4.65. The molecule has 76 valence electrons. The molecule has 4 nitrogen and oxygen atoms in total. The lowest BCUT2D eigenvalue weighted by molar-refractivity contribution is -0.145. The maximum Gasteiger partial charge on any atom is 0.317 e. The molecule has 0 amide bonds. The molecule has 0 radical (unpaired) electrons. The highest BCUT2D eigenvalue weighted by Crippen LogP contribution is 2.27. The van der Waals surface area contributed by atoms with Crippen molar-refractivity contribution >= 4 is 5.97 Å². The third kappa shape index (κ3) is 2.67. The minimum Gasteiger partial charge on any atom is -0.480 e. The van der Waals surface area contributed by atoms with Crippen molar-refractivity contribution < 1.29 is 14.6 Å². The minimum absolute atomic E-state index is 0.0408. The molecule has 1 fully saturated rings. The van der Waals surface area contributed by atoms with E-state index >= 15 is 0 Å². The Morgan fingerprint density at radius 1 is 1.77 bits per heavy atom. The molecule has 1 heterocycles. The number of carboxylic acids is 1. The van der Waals surface area contributed by atoms with Crippen molar-refractivity contribution in [3.8, 4) is 0 Å². The number of hydrogen-bond acceptors (Lipinski definition) is 3. The summed E-state index contributed by atoms with van der Waals surface area (Å²) in [5.41, 5.74) is -0.462. The maximum atomic E-state index is 10.4. The summed E-state index contributed by atoms with van der Waals surface area (Å²) >= 11 is 0. The molecule has 2 atom stereocenters. The molecule has 2 unspecified atom stereocenters. The van der Waals surface area contributed by atoms with E-state index in [2.05, 4.69) is 12.2 Å². The summed E-state index contributed by atoms with van der Waals surface area (Å²) < 4.78 is 5.55. The van der Waals surface area contributed by atoms with Crippen LogP contribution in [-0.4, -0.2) is 30.0 Å². The van der Waals surface area contributed by atoms with Crippen molar-refractivity contribution in [1.82, 2.24) is 5.32 Å². The summed E-state index contributed by atoms with van der Waals surface area (Å²) in [6.45, 7) is 4.67. The van der Waals surface area contributed by atoms with Crippen LogP contribution in [0.3, 0.4) is 0 Å². The van der Waals surface area contributed by atoms with Gasteiger partial charge in [-0.05, 0) is 25.7 Å². The van der Waals surface area contributed by atoms with Crippen LogP contribution in [0.2, 0.25) is 0 Å². The van der Waals surface area contributed by atoms with Crippen molar-refractivity contribution in [2.75, 3.05) is 13.2 Å². The van der Waals surface area contributed by atoms with Gasteiger partial charge in [0.1, 0.15) is 5.72 Å². The molecule has 0 spiro atoms. The summed E-state index contributed by atoms with van der Waals surface area (Å²) in [4.78, 5) is 10.4. The van der Waals surface area contributed by atoms with Crippen molar-refractivity contribution in [1.29, 1.82) is 0 Å². The largest absolute Gasteiger partial charge is 0.480 e. The number of rotatable bonds is 3. The molecule has 2 N–H and O–H groups in total. The normalized spacial score (nSPS) is 34.5. The number of nitrogens with one attached hydrogen (secondary N) is 1. The molecule has 0 bridgehead atoms. The van der Waals surface area contributed by atoms with Crippen molar-refractivity contribution in [3.05, 3.63) is 0 Å². The average Bonchev–Trinajstić information content (AvgIpc) is 2.07. The lowest BCUT2D eigenvalue weighted by Gasteiger charge is -2.40. The molecule has 0 aromatic carbocycles. The Bertz CT molecular complexity index is 195. The Morgan fingerprint density at radius 3 is 3.00 bits per heavy atom. The van der Waals surface area contributed by atoms with E-state index in [1.54, 1.807) is 0 Å². The standard InChI is InChI=1S/C9H17NO3/c1-7-4-3-5-13-9(7,2)10-6-8(11)12/h7,10H,3-6H2,1-2H3,(H,11,12). The molecule has 0 aliphatic carbocycles. The Kier molecular flexibility index (Phi) is 3.27. The van der Waals surface area contributed by atoms with Gasteiger partial charge in [0.15, 0.2) is 0 Å². The second-order valence-electron chi connectivity index (χ2n) is 3.75. The van der Waals surface area contributed by atoms with E-state index < -0.39 is 11.7 Å². The Morgan fingerprint density at radius 2 is 2.46 bits per heavy atom. The van der Waals surface area contributed by atoms with Gasteiger partial charge in [0.05, 0.1) is 6.54 Å². The van der Waals surface area contributed by atoms with Gasteiger partial charge in [-0.1, -0.05) is 6.92 Å². The number of hydrogen-bond donors (Lipinski definition) is 2. The highest BCUT2D eigenvalue weighted by Gasteiger charge is 2.34. The van der Waals surface area contributed by atoms with E-state index in [9.17, 15) is 4.79 Å². The van der Waals surface area contributed by atoms with Gasteiger partial charge in [-0.15, -0.1) is 0 Å². The number of carboxylic acid groups (broad SMARTS) is 1. The fourth-order valence-corrected chi connectivity index (χ4v) is 1.57. The molecule has 4 heteroatoms. The van der Waals surface area contributed by atoms with Gasteiger partial charge in [-0.2, -0.15) is 0 Å². The predicted molar refractivity (Wildman–Crippen MR) is 48.4 cm³/mol. The lowest BCUT2D eigenvalue weighted by atomic mass is 9.91. The van der Waals surface area contributed by atoms with Crippen LogP contribution < -0.4 is 5.32 Å².